The van der Waals surface area contributed by atoms with Crippen molar-refractivity contribution in [1.29, 1.82) is 0 Å². The number of likely N-dealkylation sites (tertiary alicyclic amines) is 1. The van der Waals surface area contributed by atoms with E-state index in [0.717, 1.165) is 0 Å². The van der Waals surface area contributed by atoms with Crippen LogP contribution in [0.4, 0.5) is 8.78 Å². The Morgan fingerprint density at radius 3 is 2.45 bits per heavy atom. The number of aliphatic carboxylic acids is 1. The van der Waals surface area contributed by atoms with Gasteiger partial charge in [-0.05, 0) is 31.0 Å². The quantitative estimate of drug-likeness (QED) is 0.496. The maximum Gasteiger partial charge on any atom is 0.326 e. The molecular formula is C23H24F2N2O6. The van der Waals surface area contributed by atoms with Crippen LogP contribution in [0.25, 0.3) is 0 Å². The molecule has 2 aromatic carbocycles. The number of aliphatic hydroxyl groups excluding tert-OH is 1. The van der Waals surface area contributed by atoms with Gasteiger partial charge in [0.2, 0.25) is 0 Å². The van der Waals surface area contributed by atoms with Crippen molar-refractivity contribution < 1.29 is 38.5 Å². The Labute approximate surface area is 188 Å². The number of alkyl halides is 2. The number of carboxylic acid groups (broad SMARTS) is 1. The number of aromatic hydroxyl groups is 1. The standard InChI is InChI=1S/C23H24F2N2O6/c1-13-15(8-5-9-18(13)28)20(30)26-16(10-14-6-3-2-4-7-14)19(29)21(31)27-12-23(24,25)11-17(27)22(32)33/h2-9,16-17,19,28-29H,10-12H2,1H3,(H,26,30)(H,32,33). The second kappa shape index (κ2) is 9.53. The molecule has 8 nitrogen and oxygen atoms in total. The average molecular weight is 462 g/mol. The van der Waals surface area contributed by atoms with Crippen molar-refractivity contribution in [3.8, 4) is 5.75 Å². The topological polar surface area (TPSA) is 127 Å². The maximum absolute atomic E-state index is 13.9. The van der Waals surface area contributed by atoms with Crippen LogP contribution in [0.5, 0.6) is 5.75 Å². The Bertz CT molecular complexity index is 1050. The van der Waals surface area contributed by atoms with E-state index < -0.39 is 54.9 Å². The lowest BCUT2D eigenvalue weighted by Crippen LogP contribution is -2.54. The van der Waals surface area contributed by atoms with E-state index in [9.17, 15) is 38.5 Å². The lowest BCUT2D eigenvalue weighted by molar-refractivity contribution is -0.152. The van der Waals surface area contributed by atoms with Gasteiger partial charge >= 0.3 is 5.97 Å². The first kappa shape index (κ1) is 24.1. The van der Waals surface area contributed by atoms with Crippen molar-refractivity contribution in [2.45, 2.75) is 43.9 Å². The average Bonchev–Trinajstić information content (AvgIpc) is 3.10. The molecule has 0 spiro atoms. The van der Waals surface area contributed by atoms with E-state index in [2.05, 4.69) is 5.32 Å². The van der Waals surface area contributed by atoms with Gasteiger partial charge in [-0.1, -0.05) is 36.4 Å². The number of benzene rings is 2. The summed E-state index contributed by atoms with van der Waals surface area (Å²) in [5.41, 5.74) is 1.02. The molecular weight excluding hydrogens is 438 g/mol. The first-order valence-corrected chi connectivity index (χ1v) is 10.2. The number of nitrogens with zero attached hydrogens (tertiary/aromatic N) is 1. The van der Waals surface area contributed by atoms with Crippen LogP contribution in [0.1, 0.15) is 27.9 Å². The van der Waals surface area contributed by atoms with Gasteiger partial charge in [0, 0.05) is 17.5 Å². The molecule has 10 heteroatoms. The highest BCUT2D eigenvalue weighted by atomic mass is 19.3. The summed E-state index contributed by atoms with van der Waals surface area (Å²) in [5, 5.41) is 32.5. The molecule has 4 N–H and O–H groups in total. The number of aliphatic hydroxyl groups is 1. The third kappa shape index (κ3) is 5.46. The Morgan fingerprint density at radius 1 is 1.15 bits per heavy atom. The number of carbonyl (C=O) groups is 3. The molecule has 2 aromatic rings. The molecule has 2 amide bonds. The van der Waals surface area contributed by atoms with Gasteiger partial charge in [-0.2, -0.15) is 0 Å². The second-order valence-corrected chi connectivity index (χ2v) is 8.04. The summed E-state index contributed by atoms with van der Waals surface area (Å²) in [7, 11) is 0. The van der Waals surface area contributed by atoms with Gasteiger partial charge in [-0.25, -0.2) is 13.6 Å². The molecule has 0 saturated carbocycles. The Hall–Kier alpha value is -3.53. The first-order chi connectivity index (χ1) is 15.5. The van der Waals surface area contributed by atoms with Crippen molar-refractivity contribution in [2.24, 2.45) is 0 Å². The van der Waals surface area contributed by atoms with Gasteiger partial charge in [0.15, 0.2) is 6.10 Å². The van der Waals surface area contributed by atoms with Crippen molar-refractivity contribution in [2.75, 3.05) is 6.54 Å². The third-order valence-electron chi connectivity index (χ3n) is 5.64. The molecule has 1 aliphatic rings. The number of carboxylic acids is 1. The molecule has 0 bridgehead atoms. The number of nitrogens with one attached hydrogen (secondary N) is 1. The van der Waals surface area contributed by atoms with E-state index in [4.69, 9.17) is 0 Å². The fourth-order valence-corrected chi connectivity index (χ4v) is 3.84. The van der Waals surface area contributed by atoms with Gasteiger partial charge in [0.1, 0.15) is 11.8 Å². The number of phenolic OH excluding ortho intramolecular Hbond substituents is 1. The number of hydrogen-bond donors (Lipinski definition) is 4. The van der Waals surface area contributed by atoms with Gasteiger partial charge < -0.3 is 25.5 Å². The van der Waals surface area contributed by atoms with Crippen LogP contribution in [-0.4, -0.2) is 68.7 Å². The Kier molecular flexibility index (Phi) is 6.97. The van der Waals surface area contributed by atoms with E-state index in [1.807, 2.05) is 0 Å². The summed E-state index contributed by atoms with van der Waals surface area (Å²) in [4.78, 5) is 37.6. The number of carbonyl (C=O) groups excluding carboxylic acids is 2. The van der Waals surface area contributed by atoms with Crippen LogP contribution in [0, 0.1) is 6.92 Å². The zero-order valence-electron chi connectivity index (χ0n) is 17.7. The summed E-state index contributed by atoms with van der Waals surface area (Å²) in [6, 6.07) is 9.81. The molecule has 3 atom stereocenters. The molecule has 0 aromatic heterocycles. The monoisotopic (exact) mass is 462 g/mol. The molecule has 1 saturated heterocycles. The van der Waals surface area contributed by atoms with Crippen molar-refractivity contribution in [1.82, 2.24) is 10.2 Å². The molecule has 0 aliphatic carbocycles. The molecule has 1 fully saturated rings. The fourth-order valence-electron chi connectivity index (χ4n) is 3.84. The normalized spacial score (nSPS) is 19.0. The minimum Gasteiger partial charge on any atom is -0.508 e. The van der Waals surface area contributed by atoms with Gasteiger partial charge in [-0.3, -0.25) is 9.59 Å². The molecule has 1 aliphatic heterocycles. The van der Waals surface area contributed by atoms with Crippen LogP contribution < -0.4 is 5.32 Å². The summed E-state index contributed by atoms with van der Waals surface area (Å²) >= 11 is 0. The summed E-state index contributed by atoms with van der Waals surface area (Å²) in [6.45, 7) is 0.374. The zero-order valence-corrected chi connectivity index (χ0v) is 17.7. The van der Waals surface area contributed by atoms with Crippen LogP contribution in [0.2, 0.25) is 0 Å². The molecule has 0 radical (unpaired) electrons. The van der Waals surface area contributed by atoms with Crippen molar-refractivity contribution >= 4 is 17.8 Å². The van der Waals surface area contributed by atoms with Crippen LogP contribution in [0.3, 0.4) is 0 Å². The fraction of sp³-hybridized carbons (Fsp3) is 0.348. The predicted octanol–water partition coefficient (Wildman–Crippen LogP) is 1.72. The smallest absolute Gasteiger partial charge is 0.326 e. The summed E-state index contributed by atoms with van der Waals surface area (Å²) in [5.74, 6) is -7.05. The maximum atomic E-state index is 13.9. The summed E-state index contributed by atoms with van der Waals surface area (Å²) < 4.78 is 27.7. The predicted molar refractivity (Wildman–Crippen MR) is 113 cm³/mol. The zero-order chi connectivity index (χ0) is 24.3. The largest absolute Gasteiger partial charge is 0.508 e. The highest BCUT2D eigenvalue weighted by Gasteiger charge is 2.51. The van der Waals surface area contributed by atoms with Crippen LogP contribution in [-0.2, 0) is 16.0 Å². The molecule has 33 heavy (non-hydrogen) atoms. The van der Waals surface area contributed by atoms with Crippen molar-refractivity contribution in [3.05, 3.63) is 65.2 Å². The minimum absolute atomic E-state index is 0.0285. The van der Waals surface area contributed by atoms with Gasteiger partial charge in [-0.15, -0.1) is 0 Å². The van der Waals surface area contributed by atoms with E-state index in [0.29, 0.717) is 10.5 Å². The van der Waals surface area contributed by atoms with E-state index in [1.54, 1.807) is 30.3 Å². The third-order valence-corrected chi connectivity index (χ3v) is 5.64. The number of hydrogen-bond acceptors (Lipinski definition) is 5. The number of amides is 2. The van der Waals surface area contributed by atoms with Gasteiger partial charge in [0.05, 0.1) is 12.6 Å². The number of halogens is 2. The highest BCUT2D eigenvalue weighted by Crippen LogP contribution is 2.33. The number of phenols is 1. The van der Waals surface area contributed by atoms with Crippen LogP contribution in [0.15, 0.2) is 48.5 Å². The molecule has 176 valence electrons. The molecule has 3 rings (SSSR count). The van der Waals surface area contributed by atoms with Crippen molar-refractivity contribution in [3.63, 3.8) is 0 Å². The minimum atomic E-state index is -3.41. The first-order valence-electron chi connectivity index (χ1n) is 10.2. The van der Waals surface area contributed by atoms with E-state index in [-0.39, 0.29) is 23.3 Å². The lowest BCUT2D eigenvalue weighted by atomic mass is 9.98. The molecule has 1 heterocycles. The van der Waals surface area contributed by atoms with Gasteiger partial charge in [0.25, 0.3) is 17.7 Å². The Morgan fingerprint density at radius 2 is 1.82 bits per heavy atom. The van der Waals surface area contributed by atoms with Crippen LogP contribution >= 0.6 is 0 Å². The number of rotatable bonds is 7. The second-order valence-electron chi connectivity index (χ2n) is 8.04. The SMILES string of the molecule is Cc1c(O)cccc1C(=O)NC(Cc1ccccc1)C(O)C(=O)N1CC(F)(F)CC1C(=O)O. The van der Waals surface area contributed by atoms with E-state index >= 15 is 0 Å². The highest BCUT2D eigenvalue weighted by molar-refractivity contribution is 5.97. The summed E-state index contributed by atoms with van der Waals surface area (Å²) in [6.07, 6.45) is -3.07. The Balaban J connectivity index is 1.88. The lowest BCUT2D eigenvalue weighted by Gasteiger charge is -2.29. The molecule has 3 unspecified atom stereocenters. The van der Waals surface area contributed by atoms with E-state index in [1.165, 1.54) is 25.1 Å².